The lowest BCUT2D eigenvalue weighted by molar-refractivity contribution is 0.392. The third kappa shape index (κ3) is 3.88. The van der Waals surface area contributed by atoms with Crippen molar-refractivity contribution in [3.05, 3.63) is 12.2 Å². The van der Waals surface area contributed by atoms with Crippen LogP contribution >= 0.6 is 0 Å². The molecule has 0 aromatic heterocycles. The van der Waals surface area contributed by atoms with E-state index in [1.54, 1.807) is 0 Å². The maximum atomic E-state index is 2.25. The predicted molar refractivity (Wildman–Crippen MR) is 38.0 cm³/mol. The van der Waals surface area contributed by atoms with Crippen molar-refractivity contribution in [3.8, 4) is 0 Å². The minimum atomic E-state index is 1.08. The number of hydrogen-bond donors (Lipinski definition) is 0. The molecule has 0 unspecified atom stereocenters. The molecule has 8 heavy (non-hydrogen) atoms. The van der Waals surface area contributed by atoms with Crippen LogP contribution < -0.4 is 0 Å². The van der Waals surface area contributed by atoms with E-state index in [2.05, 4.69) is 31.0 Å². The fourth-order valence-electron chi connectivity index (χ4n) is 0.414. The van der Waals surface area contributed by atoms with Crippen LogP contribution in [0.15, 0.2) is 12.2 Å². The monoisotopic (exact) mass is 113 g/mol. The zero-order valence-corrected chi connectivity index (χ0v) is 6.02. The first-order valence-corrected chi connectivity index (χ1v) is 3.11. The average molecular weight is 113 g/mol. The van der Waals surface area contributed by atoms with Gasteiger partial charge in [-0.05, 0) is 20.5 Å². The Bertz CT molecular complexity index is 66.8. The Hall–Kier alpha value is -0.300. The lowest BCUT2D eigenvalue weighted by Gasteiger charge is -2.08. The van der Waals surface area contributed by atoms with Crippen molar-refractivity contribution >= 4 is 0 Å². The zero-order valence-electron chi connectivity index (χ0n) is 6.02. The first-order valence-electron chi connectivity index (χ1n) is 3.11. The molecule has 0 fully saturated rings. The minimum absolute atomic E-state index is 1.08. The zero-order chi connectivity index (χ0) is 6.41. The van der Waals surface area contributed by atoms with E-state index >= 15 is 0 Å². The number of rotatable bonds is 3. The van der Waals surface area contributed by atoms with E-state index in [1.807, 2.05) is 6.92 Å². The van der Waals surface area contributed by atoms with Crippen LogP contribution in [-0.2, 0) is 0 Å². The molecule has 1 nitrogen and oxygen atoms in total. The summed E-state index contributed by atoms with van der Waals surface area (Å²) in [5.41, 5.74) is 0. The third-order valence-electron chi connectivity index (χ3n) is 1.19. The van der Waals surface area contributed by atoms with Gasteiger partial charge in [0.1, 0.15) is 0 Å². The van der Waals surface area contributed by atoms with Crippen molar-refractivity contribution in [2.45, 2.75) is 13.8 Å². The predicted octanol–water partition coefficient (Wildman–Crippen LogP) is 1.51. The lowest BCUT2D eigenvalue weighted by Crippen LogP contribution is -2.16. The molecule has 0 aliphatic rings. The molecule has 0 spiro atoms. The van der Waals surface area contributed by atoms with Crippen molar-refractivity contribution < 1.29 is 0 Å². The van der Waals surface area contributed by atoms with E-state index in [0.29, 0.717) is 0 Å². The van der Waals surface area contributed by atoms with Crippen LogP contribution in [0.1, 0.15) is 13.8 Å². The van der Waals surface area contributed by atoms with Gasteiger partial charge in [-0.15, -0.1) is 0 Å². The first kappa shape index (κ1) is 7.70. The molecule has 0 saturated heterocycles. The molecule has 0 aromatic rings. The maximum absolute atomic E-state index is 2.25. The number of allylic oxidation sites excluding steroid dienone is 1. The summed E-state index contributed by atoms with van der Waals surface area (Å²) in [4.78, 5) is 2.25. The van der Waals surface area contributed by atoms with Crippen molar-refractivity contribution in [1.82, 2.24) is 4.90 Å². The summed E-state index contributed by atoms with van der Waals surface area (Å²) in [6.07, 6.45) is 4.23. The summed E-state index contributed by atoms with van der Waals surface area (Å²) in [5.74, 6) is 0. The topological polar surface area (TPSA) is 3.24 Å². The molecule has 0 radical (unpaired) electrons. The van der Waals surface area contributed by atoms with Crippen LogP contribution in [0.2, 0.25) is 0 Å². The van der Waals surface area contributed by atoms with Gasteiger partial charge in [-0.1, -0.05) is 19.1 Å². The summed E-state index contributed by atoms with van der Waals surface area (Å²) >= 11 is 0. The van der Waals surface area contributed by atoms with Crippen molar-refractivity contribution in [3.63, 3.8) is 0 Å². The van der Waals surface area contributed by atoms with Gasteiger partial charge in [0.25, 0.3) is 0 Å². The molecule has 1 heteroatoms. The molecule has 0 saturated carbocycles. The standard InChI is InChI=1S/C7H15N/c1-4-6-7-8(3)5-2/h4,6H,5,7H2,1-3H3/b6-4-. The van der Waals surface area contributed by atoms with Gasteiger partial charge in [0.05, 0.1) is 0 Å². The maximum Gasteiger partial charge on any atom is 0.0159 e. The van der Waals surface area contributed by atoms with Gasteiger partial charge >= 0.3 is 0 Å². The van der Waals surface area contributed by atoms with Crippen LogP contribution in [-0.4, -0.2) is 25.0 Å². The Morgan fingerprint density at radius 1 is 1.50 bits per heavy atom. The SMILES string of the molecule is C/C=C\CN(C)CC. The number of likely N-dealkylation sites (N-methyl/N-ethyl adjacent to an activating group) is 1. The summed E-state index contributed by atoms with van der Waals surface area (Å²) in [6, 6.07) is 0. The summed E-state index contributed by atoms with van der Waals surface area (Å²) in [6.45, 7) is 6.41. The van der Waals surface area contributed by atoms with Gasteiger partial charge in [-0.25, -0.2) is 0 Å². The Kier molecular flexibility index (Phi) is 4.67. The Morgan fingerprint density at radius 2 is 2.12 bits per heavy atom. The molecule has 0 aliphatic carbocycles. The van der Waals surface area contributed by atoms with Crippen LogP contribution in [0.3, 0.4) is 0 Å². The van der Waals surface area contributed by atoms with Gasteiger partial charge in [-0.3, -0.25) is 0 Å². The molecule has 0 bridgehead atoms. The molecule has 0 heterocycles. The molecule has 0 aliphatic heterocycles. The van der Waals surface area contributed by atoms with E-state index in [0.717, 1.165) is 13.1 Å². The summed E-state index contributed by atoms with van der Waals surface area (Å²) in [5, 5.41) is 0. The highest BCUT2D eigenvalue weighted by molar-refractivity contribution is 4.79. The van der Waals surface area contributed by atoms with E-state index < -0.39 is 0 Å². The van der Waals surface area contributed by atoms with Crippen molar-refractivity contribution in [2.75, 3.05) is 20.1 Å². The number of nitrogens with zero attached hydrogens (tertiary/aromatic N) is 1. The minimum Gasteiger partial charge on any atom is -0.303 e. The molecule has 0 aromatic carbocycles. The number of hydrogen-bond acceptors (Lipinski definition) is 1. The van der Waals surface area contributed by atoms with Gasteiger partial charge in [0, 0.05) is 6.54 Å². The van der Waals surface area contributed by atoms with Crippen LogP contribution in [0.5, 0.6) is 0 Å². The normalized spacial score (nSPS) is 11.5. The summed E-state index contributed by atoms with van der Waals surface area (Å²) in [7, 11) is 2.11. The third-order valence-corrected chi connectivity index (χ3v) is 1.19. The van der Waals surface area contributed by atoms with Gasteiger partial charge < -0.3 is 4.90 Å². The fourth-order valence-corrected chi connectivity index (χ4v) is 0.414. The fraction of sp³-hybridized carbons (Fsp3) is 0.714. The molecular formula is C7H15N. The average Bonchev–Trinajstić information content (AvgIpc) is 1.83. The second-order valence-corrected chi connectivity index (χ2v) is 1.92. The molecule has 0 atom stereocenters. The Labute approximate surface area is 52.0 Å². The van der Waals surface area contributed by atoms with Gasteiger partial charge in [0.15, 0.2) is 0 Å². The smallest absolute Gasteiger partial charge is 0.0159 e. The molecule has 48 valence electrons. The Balaban J connectivity index is 3.10. The van der Waals surface area contributed by atoms with Gasteiger partial charge in [-0.2, -0.15) is 0 Å². The van der Waals surface area contributed by atoms with Gasteiger partial charge in [0.2, 0.25) is 0 Å². The molecule has 0 N–H and O–H groups in total. The van der Waals surface area contributed by atoms with E-state index in [1.165, 1.54) is 0 Å². The Morgan fingerprint density at radius 3 is 2.50 bits per heavy atom. The van der Waals surface area contributed by atoms with Crippen molar-refractivity contribution in [2.24, 2.45) is 0 Å². The highest BCUT2D eigenvalue weighted by Crippen LogP contribution is 1.80. The second kappa shape index (κ2) is 4.85. The first-order chi connectivity index (χ1) is 3.81. The molecule has 0 rings (SSSR count). The largest absolute Gasteiger partial charge is 0.303 e. The summed E-state index contributed by atoms with van der Waals surface area (Å²) < 4.78 is 0. The van der Waals surface area contributed by atoms with E-state index in [9.17, 15) is 0 Å². The second-order valence-electron chi connectivity index (χ2n) is 1.92. The van der Waals surface area contributed by atoms with Crippen molar-refractivity contribution in [1.29, 1.82) is 0 Å². The van der Waals surface area contributed by atoms with E-state index in [-0.39, 0.29) is 0 Å². The molecular weight excluding hydrogens is 98.1 g/mol. The quantitative estimate of drug-likeness (QED) is 0.501. The van der Waals surface area contributed by atoms with Crippen LogP contribution in [0.25, 0.3) is 0 Å². The van der Waals surface area contributed by atoms with Crippen LogP contribution in [0, 0.1) is 0 Å². The molecule has 0 amide bonds. The van der Waals surface area contributed by atoms with E-state index in [4.69, 9.17) is 0 Å². The van der Waals surface area contributed by atoms with Crippen LogP contribution in [0.4, 0.5) is 0 Å². The lowest BCUT2D eigenvalue weighted by atomic mass is 10.5. The highest BCUT2D eigenvalue weighted by Gasteiger charge is 1.84. The highest BCUT2D eigenvalue weighted by atomic mass is 15.1.